The summed E-state index contributed by atoms with van der Waals surface area (Å²) in [6.07, 6.45) is 12.2. The summed E-state index contributed by atoms with van der Waals surface area (Å²) >= 11 is 3.52. The number of hydrogen-bond acceptors (Lipinski definition) is 2. The number of thiol groups is 1. The molecule has 0 unspecified atom stereocenters. The van der Waals surface area contributed by atoms with Crippen molar-refractivity contribution in [3.05, 3.63) is 0 Å². The Kier molecular flexibility index (Phi) is 16.6. The van der Waals surface area contributed by atoms with Gasteiger partial charge in [-0.2, -0.15) is 0 Å². The molecule has 0 saturated heterocycles. The summed E-state index contributed by atoms with van der Waals surface area (Å²) in [5.74, 6) is 0.229. The van der Waals surface area contributed by atoms with Crippen LogP contribution in [0.3, 0.4) is 0 Å². The van der Waals surface area contributed by atoms with Gasteiger partial charge < -0.3 is 0 Å². The molecule has 17 heavy (non-hydrogen) atoms. The summed E-state index contributed by atoms with van der Waals surface area (Å²) in [5, 5.41) is 0. The fourth-order valence-electron chi connectivity index (χ4n) is 1.77. The predicted molar refractivity (Wildman–Crippen MR) is 81.8 cm³/mol. The van der Waals surface area contributed by atoms with E-state index in [-0.39, 0.29) is 35.3 Å². The van der Waals surface area contributed by atoms with Crippen molar-refractivity contribution in [2.24, 2.45) is 0 Å². The first-order chi connectivity index (χ1) is 7.56. The van der Waals surface area contributed by atoms with Crippen molar-refractivity contribution in [2.75, 3.05) is 5.75 Å². The minimum atomic E-state index is -3.04. The van der Waals surface area contributed by atoms with Gasteiger partial charge in [0.25, 0.3) is 0 Å². The van der Waals surface area contributed by atoms with Gasteiger partial charge in [-0.1, -0.05) is 64.7 Å². The van der Waals surface area contributed by atoms with Gasteiger partial charge in [-0.3, -0.25) is 0 Å². The van der Waals surface area contributed by atoms with E-state index in [2.05, 4.69) is 18.6 Å². The van der Waals surface area contributed by atoms with Crippen LogP contribution in [-0.2, 0) is 8.87 Å². The predicted octanol–water partition coefficient (Wildman–Crippen LogP) is 3.52. The van der Waals surface area contributed by atoms with E-state index in [0.29, 0.717) is 0 Å². The fourth-order valence-corrected chi connectivity index (χ4v) is 2.73. The van der Waals surface area contributed by atoms with Crippen LogP contribution in [0.25, 0.3) is 0 Å². The van der Waals surface area contributed by atoms with Crippen molar-refractivity contribution in [1.82, 2.24) is 0 Å². The minimum absolute atomic E-state index is 0. The molecular weight excluding hydrogens is 263 g/mol. The molecule has 0 aromatic rings. The van der Waals surface area contributed by atoms with Gasteiger partial charge in [0.05, 0.1) is 5.75 Å². The van der Waals surface area contributed by atoms with Crippen molar-refractivity contribution in [3.8, 4) is 0 Å². The molecular formula is C12H27NaO2S2. The van der Waals surface area contributed by atoms with E-state index in [0.717, 1.165) is 19.3 Å². The van der Waals surface area contributed by atoms with Crippen molar-refractivity contribution in [3.63, 3.8) is 0 Å². The number of hydrogen-bond donors (Lipinski definition) is 1. The van der Waals surface area contributed by atoms with Gasteiger partial charge in [0.2, 0.25) is 0 Å². The Morgan fingerprint density at radius 1 is 0.765 bits per heavy atom. The van der Waals surface area contributed by atoms with Gasteiger partial charge >= 0.3 is 29.6 Å². The number of unbranched alkanes of at least 4 members (excludes halogenated alkanes) is 9. The van der Waals surface area contributed by atoms with Crippen LogP contribution < -0.4 is 0 Å². The monoisotopic (exact) mass is 290 g/mol. The molecule has 0 aromatic heterocycles. The molecule has 0 fully saturated rings. The molecule has 0 saturated carbocycles. The van der Waals surface area contributed by atoms with Crippen LogP contribution in [0, 0.1) is 0 Å². The van der Waals surface area contributed by atoms with E-state index in [4.69, 9.17) is 0 Å². The Balaban J connectivity index is 0. The van der Waals surface area contributed by atoms with E-state index in [1.165, 1.54) is 44.9 Å². The molecule has 0 aliphatic heterocycles. The van der Waals surface area contributed by atoms with Crippen molar-refractivity contribution >= 4 is 50.1 Å². The van der Waals surface area contributed by atoms with Gasteiger partial charge in [0.15, 0.2) is 8.87 Å². The third-order valence-corrected chi connectivity index (χ3v) is 4.11. The molecule has 0 atom stereocenters. The Morgan fingerprint density at radius 3 is 1.47 bits per heavy atom. The Morgan fingerprint density at radius 2 is 1.12 bits per heavy atom. The van der Waals surface area contributed by atoms with Gasteiger partial charge in [-0.05, 0) is 18.1 Å². The standard InChI is InChI=1S/C12H26O2S2.Na.H/c1-2-3-4-5-6-7-8-9-10-11-12-16(13,14)15;;/h2-12H2,1H3,(H,13,14,15);;. The molecule has 0 bridgehead atoms. The third kappa shape index (κ3) is 19.8. The Labute approximate surface area is 134 Å². The second-order valence-corrected chi connectivity index (χ2v) is 7.71. The molecule has 0 aromatic carbocycles. The van der Waals surface area contributed by atoms with Crippen LogP contribution in [0.1, 0.15) is 71.1 Å². The molecule has 0 rings (SSSR count). The summed E-state index contributed by atoms with van der Waals surface area (Å²) in [4.78, 5) is 0. The second-order valence-electron chi connectivity index (χ2n) is 4.47. The summed E-state index contributed by atoms with van der Waals surface area (Å²) in [5.41, 5.74) is 0. The fraction of sp³-hybridized carbons (Fsp3) is 1.00. The normalized spacial score (nSPS) is 11.2. The quantitative estimate of drug-likeness (QED) is 0.273. The zero-order chi connectivity index (χ0) is 12.3. The molecule has 0 aliphatic carbocycles. The molecule has 2 nitrogen and oxygen atoms in total. The maximum atomic E-state index is 10.7. The summed E-state index contributed by atoms with van der Waals surface area (Å²) in [6, 6.07) is 0. The SMILES string of the molecule is CCCCCCCCCCCCS(=O)(=O)S.[NaH]. The molecule has 0 heterocycles. The van der Waals surface area contributed by atoms with E-state index in [1.807, 2.05) is 0 Å². The molecule has 100 valence electrons. The van der Waals surface area contributed by atoms with Crippen molar-refractivity contribution in [2.45, 2.75) is 71.1 Å². The summed E-state index contributed by atoms with van der Waals surface area (Å²) in [6.45, 7) is 2.23. The zero-order valence-electron chi connectivity index (χ0n) is 10.5. The molecule has 0 N–H and O–H groups in total. The zero-order valence-corrected chi connectivity index (χ0v) is 12.2. The maximum absolute atomic E-state index is 10.7. The average Bonchev–Trinajstić information content (AvgIpc) is 2.19. The molecule has 0 amide bonds. The Hall–Kier alpha value is 1.30. The summed E-state index contributed by atoms with van der Waals surface area (Å²) in [7, 11) is -3.04. The average molecular weight is 290 g/mol. The van der Waals surface area contributed by atoms with Crippen LogP contribution in [0.15, 0.2) is 0 Å². The van der Waals surface area contributed by atoms with Gasteiger partial charge in [0, 0.05) is 0 Å². The topological polar surface area (TPSA) is 34.1 Å². The van der Waals surface area contributed by atoms with Crippen molar-refractivity contribution < 1.29 is 8.42 Å². The van der Waals surface area contributed by atoms with Crippen LogP contribution in [0.4, 0.5) is 0 Å². The molecule has 0 radical (unpaired) electrons. The molecule has 5 heteroatoms. The van der Waals surface area contributed by atoms with E-state index < -0.39 is 8.87 Å². The first-order valence-corrected chi connectivity index (χ1v) is 9.22. The Bertz CT molecular complexity index is 241. The van der Waals surface area contributed by atoms with E-state index in [9.17, 15) is 8.42 Å². The van der Waals surface area contributed by atoms with Crippen LogP contribution >= 0.6 is 11.7 Å². The second kappa shape index (κ2) is 13.7. The summed E-state index contributed by atoms with van der Waals surface area (Å²) < 4.78 is 21.5. The van der Waals surface area contributed by atoms with Gasteiger partial charge in [-0.25, -0.2) is 8.42 Å². The molecule has 0 aliphatic rings. The third-order valence-electron chi connectivity index (χ3n) is 2.76. The van der Waals surface area contributed by atoms with Crippen LogP contribution in [0.5, 0.6) is 0 Å². The first kappa shape index (κ1) is 20.6. The van der Waals surface area contributed by atoms with E-state index >= 15 is 0 Å². The van der Waals surface area contributed by atoms with Crippen LogP contribution in [0.2, 0.25) is 0 Å². The van der Waals surface area contributed by atoms with Gasteiger partial charge in [0.1, 0.15) is 0 Å². The van der Waals surface area contributed by atoms with Crippen molar-refractivity contribution in [1.29, 1.82) is 0 Å². The number of rotatable bonds is 11. The van der Waals surface area contributed by atoms with E-state index in [1.54, 1.807) is 0 Å². The molecule has 0 spiro atoms. The van der Waals surface area contributed by atoms with Crippen LogP contribution in [-0.4, -0.2) is 43.7 Å². The van der Waals surface area contributed by atoms with Gasteiger partial charge in [-0.15, -0.1) is 0 Å². The first-order valence-electron chi connectivity index (χ1n) is 6.51.